The average molecular weight is 215 g/mol. The molecule has 0 radical (unpaired) electrons. The Morgan fingerprint density at radius 3 is 2.69 bits per heavy atom. The minimum absolute atomic E-state index is 0.0821. The number of nitro benzene ring substituents is 1. The zero-order valence-electron chi connectivity index (χ0n) is 8.33. The van der Waals surface area contributed by atoms with Crippen molar-refractivity contribution >= 4 is 11.4 Å². The van der Waals surface area contributed by atoms with Gasteiger partial charge in [-0.1, -0.05) is 18.2 Å². The van der Waals surface area contributed by atoms with Crippen LogP contribution in [0.2, 0.25) is 0 Å². The van der Waals surface area contributed by atoms with Gasteiger partial charge in [0.1, 0.15) is 5.69 Å². The molecule has 0 aliphatic heterocycles. The molecule has 1 heterocycles. The molecule has 80 valence electrons. The molecule has 0 amide bonds. The number of nitrogens with zero attached hydrogens (tertiary/aromatic N) is 2. The number of benzene rings is 1. The number of anilines is 1. The van der Waals surface area contributed by atoms with Crippen molar-refractivity contribution in [3.05, 3.63) is 52.8 Å². The first-order valence-electron chi connectivity index (χ1n) is 4.63. The normalized spacial score (nSPS) is 10.0. The summed E-state index contributed by atoms with van der Waals surface area (Å²) in [5.41, 5.74) is 7.23. The molecule has 2 aromatic rings. The van der Waals surface area contributed by atoms with E-state index < -0.39 is 4.92 Å². The van der Waals surface area contributed by atoms with Gasteiger partial charge in [-0.15, -0.1) is 0 Å². The number of para-hydroxylation sites is 1. The minimum Gasteiger partial charge on any atom is -0.393 e. The summed E-state index contributed by atoms with van der Waals surface area (Å²) in [5, 5.41) is 10.7. The molecular formula is C11H9N3O2. The van der Waals surface area contributed by atoms with Crippen LogP contribution < -0.4 is 5.73 Å². The summed E-state index contributed by atoms with van der Waals surface area (Å²) in [6.45, 7) is 0. The van der Waals surface area contributed by atoms with Crippen molar-refractivity contribution in [2.45, 2.75) is 0 Å². The maximum absolute atomic E-state index is 10.7. The Hall–Kier alpha value is -2.43. The molecule has 5 nitrogen and oxygen atoms in total. The average Bonchev–Trinajstić information content (AvgIpc) is 2.30. The van der Waals surface area contributed by atoms with Crippen molar-refractivity contribution in [3.8, 4) is 11.1 Å². The predicted octanol–water partition coefficient (Wildman–Crippen LogP) is 2.24. The molecule has 0 bridgehead atoms. The largest absolute Gasteiger partial charge is 0.393 e. The molecule has 0 saturated carbocycles. The number of aromatic nitrogens is 1. The van der Waals surface area contributed by atoms with Crippen LogP contribution in [0.5, 0.6) is 0 Å². The van der Waals surface area contributed by atoms with Crippen LogP contribution in [0.25, 0.3) is 11.1 Å². The Morgan fingerprint density at radius 2 is 2.06 bits per heavy atom. The maximum atomic E-state index is 10.7. The van der Waals surface area contributed by atoms with Crippen LogP contribution >= 0.6 is 0 Å². The van der Waals surface area contributed by atoms with Crippen LogP contribution in [0.1, 0.15) is 0 Å². The maximum Gasteiger partial charge on any atom is 0.292 e. The molecule has 0 saturated heterocycles. The van der Waals surface area contributed by atoms with Gasteiger partial charge in [-0.2, -0.15) is 0 Å². The monoisotopic (exact) mass is 215 g/mol. The smallest absolute Gasteiger partial charge is 0.292 e. The van der Waals surface area contributed by atoms with Gasteiger partial charge in [-0.3, -0.25) is 15.1 Å². The highest BCUT2D eigenvalue weighted by atomic mass is 16.6. The molecule has 0 aliphatic carbocycles. The van der Waals surface area contributed by atoms with Crippen LogP contribution in [-0.2, 0) is 0 Å². The first-order chi connectivity index (χ1) is 7.70. The van der Waals surface area contributed by atoms with E-state index >= 15 is 0 Å². The molecule has 2 N–H and O–H groups in total. The summed E-state index contributed by atoms with van der Waals surface area (Å²) in [4.78, 5) is 14.2. The fourth-order valence-corrected chi connectivity index (χ4v) is 1.49. The van der Waals surface area contributed by atoms with Gasteiger partial charge in [0, 0.05) is 29.6 Å². The second-order valence-corrected chi connectivity index (χ2v) is 3.24. The molecule has 1 aromatic heterocycles. The fourth-order valence-electron chi connectivity index (χ4n) is 1.49. The summed E-state index contributed by atoms with van der Waals surface area (Å²) < 4.78 is 0. The molecule has 2 rings (SSSR count). The number of rotatable bonds is 2. The van der Waals surface area contributed by atoms with Gasteiger partial charge >= 0.3 is 0 Å². The molecule has 0 aliphatic rings. The standard InChI is InChI=1S/C11H9N3O2/c12-11-9(8-3-2-6-13-7-8)4-1-5-10(11)14(15)16/h1-7H,12H2. The summed E-state index contributed by atoms with van der Waals surface area (Å²) in [5.74, 6) is 0. The lowest BCUT2D eigenvalue weighted by atomic mass is 10.0. The lowest BCUT2D eigenvalue weighted by molar-refractivity contribution is -0.383. The third kappa shape index (κ3) is 1.70. The van der Waals surface area contributed by atoms with E-state index in [0.29, 0.717) is 5.56 Å². The number of nitrogen functional groups attached to an aromatic ring is 1. The molecule has 0 atom stereocenters. The topological polar surface area (TPSA) is 82.0 Å². The van der Waals surface area contributed by atoms with Gasteiger partial charge in [0.25, 0.3) is 5.69 Å². The van der Waals surface area contributed by atoms with Crippen molar-refractivity contribution in [3.63, 3.8) is 0 Å². The highest BCUT2D eigenvalue weighted by Gasteiger charge is 2.14. The van der Waals surface area contributed by atoms with Gasteiger partial charge in [0.05, 0.1) is 4.92 Å². The van der Waals surface area contributed by atoms with Crippen LogP contribution in [0.4, 0.5) is 11.4 Å². The first kappa shape index (κ1) is 10.1. The van der Waals surface area contributed by atoms with Gasteiger partial charge in [-0.05, 0) is 6.07 Å². The molecule has 1 aromatic carbocycles. The SMILES string of the molecule is Nc1c(-c2cccnc2)cccc1[N+](=O)[O-]. The van der Waals surface area contributed by atoms with E-state index in [1.807, 2.05) is 6.07 Å². The lowest BCUT2D eigenvalue weighted by Crippen LogP contribution is -1.97. The summed E-state index contributed by atoms with van der Waals surface area (Å²) >= 11 is 0. The van der Waals surface area contributed by atoms with Gasteiger partial charge < -0.3 is 5.73 Å². The quantitative estimate of drug-likeness (QED) is 0.473. The number of hydrogen-bond acceptors (Lipinski definition) is 4. The van der Waals surface area contributed by atoms with E-state index in [-0.39, 0.29) is 11.4 Å². The Labute approximate surface area is 91.7 Å². The van der Waals surface area contributed by atoms with Crippen molar-refractivity contribution < 1.29 is 4.92 Å². The Balaban J connectivity index is 2.59. The molecular weight excluding hydrogens is 206 g/mol. The fraction of sp³-hybridized carbons (Fsp3) is 0. The second-order valence-electron chi connectivity index (χ2n) is 3.24. The first-order valence-corrected chi connectivity index (χ1v) is 4.63. The number of nitrogens with two attached hydrogens (primary N) is 1. The van der Waals surface area contributed by atoms with Crippen LogP contribution in [0.15, 0.2) is 42.7 Å². The highest BCUT2D eigenvalue weighted by Crippen LogP contribution is 2.32. The molecule has 0 fully saturated rings. The Kier molecular flexibility index (Phi) is 2.51. The van der Waals surface area contributed by atoms with Crippen molar-refractivity contribution in [2.24, 2.45) is 0 Å². The third-order valence-corrected chi connectivity index (χ3v) is 2.25. The van der Waals surface area contributed by atoms with Crippen LogP contribution in [-0.4, -0.2) is 9.91 Å². The molecule has 5 heteroatoms. The number of hydrogen-bond donors (Lipinski definition) is 1. The van der Waals surface area contributed by atoms with Gasteiger partial charge in [0.2, 0.25) is 0 Å². The van der Waals surface area contributed by atoms with E-state index in [1.54, 1.807) is 30.6 Å². The summed E-state index contributed by atoms with van der Waals surface area (Å²) in [6.07, 6.45) is 3.26. The molecule has 0 unspecified atom stereocenters. The minimum atomic E-state index is -0.491. The van der Waals surface area contributed by atoms with Crippen molar-refractivity contribution in [2.75, 3.05) is 5.73 Å². The predicted molar refractivity (Wildman–Crippen MR) is 60.7 cm³/mol. The highest BCUT2D eigenvalue weighted by molar-refractivity contribution is 5.81. The van der Waals surface area contributed by atoms with Crippen molar-refractivity contribution in [1.29, 1.82) is 0 Å². The molecule has 16 heavy (non-hydrogen) atoms. The molecule has 0 spiro atoms. The van der Waals surface area contributed by atoms with Crippen molar-refractivity contribution in [1.82, 2.24) is 4.98 Å². The number of nitro groups is 1. The van der Waals surface area contributed by atoms with E-state index in [9.17, 15) is 10.1 Å². The zero-order valence-corrected chi connectivity index (χ0v) is 8.33. The van der Waals surface area contributed by atoms with Gasteiger partial charge in [0.15, 0.2) is 0 Å². The lowest BCUT2D eigenvalue weighted by Gasteiger charge is -2.05. The summed E-state index contributed by atoms with van der Waals surface area (Å²) in [6, 6.07) is 8.29. The van der Waals surface area contributed by atoms with E-state index in [1.165, 1.54) is 6.07 Å². The number of pyridine rings is 1. The van der Waals surface area contributed by atoms with E-state index in [2.05, 4.69) is 4.98 Å². The van der Waals surface area contributed by atoms with Crippen LogP contribution in [0, 0.1) is 10.1 Å². The van der Waals surface area contributed by atoms with Crippen LogP contribution in [0.3, 0.4) is 0 Å². The summed E-state index contributed by atoms with van der Waals surface area (Å²) in [7, 11) is 0. The third-order valence-electron chi connectivity index (χ3n) is 2.25. The second kappa shape index (κ2) is 3.98. The van der Waals surface area contributed by atoms with E-state index in [0.717, 1.165) is 5.56 Å². The van der Waals surface area contributed by atoms with Gasteiger partial charge in [-0.25, -0.2) is 0 Å². The zero-order chi connectivity index (χ0) is 11.5. The Bertz CT molecular complexity index is 526. The Morgan fingerprint density at radius 1 is 1.25 bits per heavy atom. The van der Waals surface area contributed by atoms with E-state index in [4.69, 9.17) is 5.73 Å².